The summed E-state index contributed by atoms with van der Waals surface area (Å²) >= 11 is 6.07. The summed E-state index contributed by atoms with van der Waals surface area (Å²) in [6.45, 7) is 2.91. The van der Waals surface area contributed by atoms with Crippen LogP contribution < -0.4 is 21.1 Å². The van der Waals surface area contributed by atoms with Crippen LogP contribution in [-0.4, -0.2) is 61.3 Å². The number of carbonyl (C=O) groups is 2. The normalized spacial score (nSPS) is 15.6. The number of amides is 2. The van der Waals surface area contributed by atoms with Crippen LogP contribution in [0, 0.1) is 5.92 Å². The number of nitrogens with one attached hydrogen (secondary N) is 2. The predicted molar refractivity (Wildman–Crippen MR) is 129 cm³/mol. The highest BCUT2D eigenvalue weighted by atomic mass is 35.5. The first kappa shape index (κ1) is 24.7. The first-order valence-corrected chi connectivity index (χ1v) is 11.4. The number of benzene rings is 2. The molecule has 0 aliphatic carbocycles. The number of hydrogen-bond acceptors (Lipinski definition) is 5. The summed E-state index contributed by atoms with van der Waals surface area (Å²) < 4.78 is 5.26. The molecule has 2 amide bonds. The van der Waals surface area contributed by atoms with Gasteiger partial charge in [0, 0.05) is 25.2 Å². The van der Waals surface area contributed by atoms with Crippen LogP contribution >= 0.6 is 11.6 Å². The van der Waals surface area contributed by atoms with E-state index in [4.69, 9.17) is 22.1 Å². The molecule has 1 atom stereocenters. The fourth-order valence-electron chi connectivity index (χ4n) is 4.17. The maximum absolute atomic E-state index is 12.7. The van der Waals surface area contributed by atoms with E-state index >= 15 is 0 Å². The molecule has 8 nitrogen and oxygen atoms in total. The van der Waals surface area contributed by atoms with Crippen LogP contribution in [0.15, 0.2) is 42.5 Å². The van der Waals surface area contributed by atoms with Crippen LogP contribution in [0.25, 0.3) is 0 Å². The number of nitrogen functional groups attached to an aromatic ring is 1. The van der Waals surface area contributed by atoms with Crippen molar-refractivity contribution in [1.82, 2.24) is 15.5 Å². The van der Waals surface area contributed by atoms with Crippen molar-refractivity contribution in [2.75, 3.05) is 39.0 Å². The molecule has 0 radical (unpaired) electrons. The highest BCUT2D eigenvalue weighted by Gasteiger charge is 2.24. The van der Waals surface area contributed by atoms with Gasteiger partial charge < -0.3 is 31.1 Å². The molecule has 1 aliphatic heterocycles. The van der Waals surface area contributed by atoms with Crippen molar-refractivity contribution in [3.63, 3.8) is 0 Å². The second-order valence-corrected chi connectivity index (χ2v) is 8.77. The zero-order valence-electron chi connectivity index (χ0n) is 18.7. The van der Waals surface area contributed by atoms with E-state index in [1.54, 1.807) is 6.07 Å². The van der Waals surface area contributed by atoms with Crippen molar-refractivity contribution in [2.24, 2.45) is 5.92 Å². The Balaban J connectivity index is 1.48. The van der Waals surface area contributed by atoms with Crippen LogP contribution in [0.1, 0.15) is 28.8 Å². The molecule has 0 aromatic heterocycles. The Hall–Kier alpha value is -2.97. The monoisotopic (exact) mass is 474 g/mol. The molecule has 1 heterocycles. The highest BCUT2D eigenvalue weighted by molar-refractivity contribution is 6.33. The lowest BCUT2D eigenvalue weighted by Crippen LogP contribution is -2.47. The van der Waals surface area contributed by atoms with Gasteiger partial charge in [-0.25, -0.2) is 4.79 Å². The molecular weight excluding hydrogens is 444 g/mol. The van der Waals surface area contributed by atoms with Gasteiger partial charge in [-0.3, -0.25) is 4.79 Å². The molecule has 33 heavy (non-hydrogen) atoms. The Morgan fingerprint density at radius 2 is 1.94 bits per heavy atom. The Kier molecular flexibility index (Phi) is 8.79. The third-order valence-corrected chi connectivity index (χ3v) is 6.28. The van der Waals surface area contributed by atoms with Crippen molar-refractivity contribution in [2.45, 2.75) is 25.3 Å². The highest BCUT2D eigenvalue weighted by Crippen LogP contribution is 2.29. The minimum atomic E-state index is -1.01. The number of methoxy groups -OCH3 is 1. The number of hydrogen-bond donors (Lipinski definition) is 4. The maximum Gasteiger partial charge on any atom is 0.404 e. The van der Waals surface area contributed by atoms with Crippen molar-refractivity contribution in [1.29, 1.82) is 0 Å². The fourth-order valence-corrected chi connectivity index (χ4v) is 4.33. The van der Waals surface area contributed by atoms with Crippen LogP contribution in [0.5, 0.6) is 5.75 Å². The average molecular weight is 475 g/mol. The number of ether oxygens (including phenoxy) is 1. The van der Waals surface area contributed by atoms with Crippen molar-refractivity contribution in [3.05, 3.63) is 58.6 Å². The molecule has 0 spiro atoms. The number of halogens is 1. The molecule has 1 unspecified atom stereocenters. The maximum atomic E-state index is 12.7. The number of piperidine rings is 1. The fraction of sp³-hybridized carbons (Fsp3) is 0.417. The van der Waals surface area contributed by atoms with Gasteiger partial charge in [0.15, 0.2) is 0 Å². The summed E-state index contributed by atoms with van der Waals surface area (Å²) in [4.78, 5) is 26.2. The number of carboxylic acid groups (broad SMARTS) is 1. The van der Waals surface area contributed by atoms with E-state index in [0.29, 0.717) is 47.5 Å². The third kappa shape index (κ3) is 7.27. The van der Waals surface area contributed by atoms with Gasteiger partial charge in [-0.05, 0) is 49.9 Å². The van der Waals surface area contributed by atoms with E-state index < -0.39 is 6.09 Å². The molecule has 1 aliphatic rings. The van der Waals surface area contributed by atoms with Crippen molar-refractivity contribution < 1.29 is 19.4 Å². The van der Waals surface area contributed by atoms with Crippen LogP contribution in [0.3, 0.4) is 0 Å². The lowest BCUT2D eigenvalue weighted by atomic mass is 9.95. The smallest absolute Gasteiger partial charge is 0.404 e. The van der Waals surface area contributed by atoms with Crippen molar-refractivity contribution in [3.8, 4) is 5.75 Å². The summed E-state index contributed by atoms with van der Waals surface area (Å²) in [6.07, 6.45) is 1.48. The molecule has 1 saturated heterocycles. The Morgan fingerprint density at radius 1 is 1.24 bits per heavy atom. The summed E-state index contributed by atoms with van der Waals surface area (Å²) in [6, 6.07) is 12.8. The second kappa shape index (κ2) is 11.8. The SMILES string of the molecule is COc1cc(N)c(Cl)cc1C(=O)NCC1CCN(CC(Cc2ccccc2)NC(=O)O)CC1. The van der Waals surface area contributed by atoms with Gasteiger partial charge in [0.25, 0.3) is 5.91 Å². The Morgan fingerprint density at radius 3 is 2.58 bits per heavy atom. The first-order valence-electron chi connectivity index (χ1n) is 11.0. The van der Waals surface area contributed by atoms with Gasteiger partial charge in [-0.15, -0.1) is 0 Å². The standard InChI is InChI=1S/C24H31ClN4O4/c1-33-22-13-21(26)20(25)12-19(22)23(30)27-14-17-7-9-29(10-8-17)15-18(28-24(31)32)11-16-5-3-2-4-6-16/h2-6,12-13,17-18,28H,7-11,14-15,26H2,1H3,(H,27,30)(H,31,32). The first-order chi connectivity index (χ1) is 15.9. The summed E-state index contributed by atoms with van der Waals surface area (Å²) in [5, 5.41) is 15.2. The molecular formula is C24H31ClN4O4. The molecule has 3 rings (SSSR count). The molecule has 2 aromatic carbocycles. The predicted octanol–water partition coefficient (Wildman–Crippen LogP) is 3.25. The van der Waals surface area contributed by atoms with E-state index in [2.05, 4.69) is 15.5 Å². The van der Waals surface area contributed by atoms with Gasteiger partial charge in [0.1, 0.15) is 5.75 Å². The quantitative estimate of drug-likeness (QED) is 0.414. The van der Waals surface area contributed by atoms with Crippen molar-refractivity contribution >= 4 is 29.3 Å². The van der Waals surface area contributed by atoms with E-state index in [9.17, 15) is 14.7 Å². The van der Waals surface area contributed by atoms with Gasteiger partial charge in [-0.2, -0.15) is 0 Å². The summed E-state index contributed by atoms with van der Waals surface area (Å²) in [5.41, 5.74) is 7.61. The third-order valence-electron chi connectivity index (χ3n) is 5.95. The molecule has 1 fully saturated rings. The van der Waals surface area contributed by atoms with E-state index in [1.165, 1.54) is 13.2 Å². The molecule has 0 saturated carbocycles. The number of carbonyl (C=O) groups excluding carboxylic acids is 1. The number of anilines is 1. The minimum Gasteiger partial charge on any atom is -0.496 e. The molecule has 0 bridgehead atoms. The van der Waals surface area contributed by atoms with Crippen LogP contribution in [0.2, 0.25) is 5.02 Å². The summed E-state index contributed by atoms with van der Waals surface area (Å²) in [7, 11) is 1.49. The Bertz CT molecular complexity index is 949. The average Bonchev–Trinajstić information content (AvgIpc) is 2.80. The van der Waals surface area contributed by atoms with E-state index in [-0.39, 0.29) is 11.9 Å². The zero-order chi connectivity index (χ0) is 23.8. The van der Waals surface area contributed by atoms with Gasteiger partial charge in [0.2, 0.25) is 0 Å². The largest absolute Gasteiger partial charge is 0.496 e. The number of nitrogens with zero attached hydrogens (tertiary/aromatic N) is 1. The number of nitrogens with two attached hydrogens (primary N) is 1. The Labute approximate surface area is 199 Å². The van der Waals surface area contributed by atoms with Crippen LogP contribution in [0.4, 0.5) is 10.5 Å². The molecule has 2 aromatic rings. The van der Waals surface area contributed by atoms with E-state index in [1.807, 2.05) is 30.3 Å². The zero-order valence-corrected chi connectivity index (χ0v) is 19.5. The lowest BCUT2D eigenvalue weighted by molar-refractivity contribution is 0.0932. The van der Waals surface area contributed by atoms with E-state index in [0.717, 1.165) is 31.5 Å². The number of rotatable bonds is 9. The van der Waals surface area contributed by atoms with Gasteiger partial charge >= 0.3 is 6.09 Å². The molecule has 5 N–H and O–H groups in total. The minimum absolute atomic E-state index is 0.177. The number of likely N-dealkylation sites (tertiary alicyclic amines) is 1. The van der Waals surface area contributed by atoms with Crippen LogP contribution in [-0.2, 0) is 6.42 Å². The lowest BCUT2D eigenvalue weighted by Gasteiger charge is -2.34. The summed E-state index contributed by atoms with van der Waals surface area (Å²) in [5.74, 6) is 0.491. The molecule has 9 heteroatoms. The van der Waals surface area contributed by atoms with Gasteiger partial charge in [-0.1, -0.05) is 41.9 Å². The topological polar surface area (TPSA) is 117 Å². The molecule has 178 valence electrons. The second-order valence-electron chi connectivity index (χ2n) is 8.36. The van der Waals surface area contributed by atoms with Gasteiger partial charge in [0.05, 0.1) is 23.4 Å².